The second-order valence-electron chi connectivity index (χ2n) is 8.25. The lowest BCUT2D eigenvalue weighted by molar-refractivity contribution is -0.918. The SMILES string of the molecule is CN(C)c1ccc([C@H](CNC(=O)C(=O)NCCc2ccc(F)cc2)[NH+]2CCCC2)cc1. The third-order valence-corrected chi connectivity index (χ3v) is 5.84. The molecule has 3 N–H and O–H groups in total. The van der Waals surface area contributed by atoms with Gasteiger partial charge in [-0.1, -0.05) is 24.3 Å². The van der Waals surface area contributed by atoms with Crippen molar-refractivity contribution in [3.05, 3.63) is 65.5 Å². The molecule has 2 aromatic rings. The highest BCUT2D eigenvalue weighted by molar-refractivity contribution is 6.35. The first-order valence-corrected chi connectivity index (χ1v) is 10.9. The topological polar surface area (TPSA) is 65.9 Å². The predicted octanol–water partition coefficient (Wildman–Crippen LogP) is 1.09. The van der Waals surface area contributed by atoms with Crippen LogP contribution in [0.5, 0.6) is 0 Å². The van der Waals surface area contributed by atoms with Crippen molar-refractivity contribution in [2.45, 2.75) is 25.3 Å². The van der Waals surface area contributed by atoms with Gasteiger partial charge in [0, 0.05) is 44.7 Å². The Morgan fingerprint density at radius 1 is 0.968 bits per heavy atom. The standard InChI is InChI=1S/C24H31FN4O2/c1-28(2)21-11-7-19(8-12-21)22(29-15-3-4-16-29)17-27-24(31)23(30)26-14-13-18-5-9-20(25)10-6-18/h5-12,22H,3-4,13-17H2,1-2H3,(H,26,30)(H,27,31)/p+1/t22-/m0/s1. The van der Waals surface area contributed by atoms with E-state index in [2.05, 4.69) is 39.8 Å². The number of hydrogen-bond donors (Lipinski definition) is 3. The van der Waals surface area contributed by atoms with Crippen molar-refractivity contribution in [1.82, 2.24) is 10.6 Å². The maximum absolute atomic E-state index is 13.0. The van der Waals surface area contributed by atoms with Gasteiger partial charge in [0.25, 0.3) is 0 Å². The summed E-state index contributed by atoms with van der Waals surface area (Å²) in [5.74, 6) is -1.55. The number of carbonyl (C=O) groups excluding carboxylic acids is 2. The van der Waals surface area contributed by atoms with Crippen molar-refractivity contribution in [3.63, 3.8) is 0 Å². The Bertz CT molecular complexity index is 862. The lowest BCUT2D eigenvalue weighted by Gasteiger charge is -2.25. The molecule has 31 heavy (non-hydrogen) atoms. The monoisotopic (exact) mass is 427 g/mol. The maximum Gasteiger partial charge on any atom is 0.309 e. The Hall–Kier alpha value is -2.93. The van der Waals surface area contributed by atoms with E-state index < -0.39 is 11.8 Å². The number of rotatable bonds is 8. The highest BCUT2D eigenvalue weighted by Gasteiger charge is 2.28. The van der Waals surface area contributed by atoms with Gasteiger partial charge in [-0.05, 0) is 36.2 Å². The molecule has 1 saturated heterocycles. The summed E-state index contributed by atoms with van der Waals surface area (Å²) in [7, 11) is 4.01. The smallest absolute Gasteiger partial charge is 0.309 e. The maximum atomic E-state index is 13.0. The largest absolute Gasteiger partial charge is 0.378 e. The molecule has 1 heterocycles. The van der Waals surface area contributed by atoms with E-state index in [1.807, 2.05) is 14.1 Å². The molecule has 1 atom stereocenters. The van der Waals surface area contributed by atoms with Gasteiger partial charge in [0.2, 0.25) is 0 Å². The third kappa shape index (κ3) is 6.52. The highest BCUT2D eigenvalue weighted by Crippen LogP contribution is 2.17. The predicted molar refractivity (Wildman–Crippen MR) is 120 cm³/mol. The summed E-state index contributed by atoms with van der Waals surface area (Å²) < 4.78 is 13.0. The van der Waals surface area contributed by atoms with E-state index in [-0.39, 0.29) is 11.9 Å². The zero-order valence-corrected chi connectivity index (χ0v) is 18.3. The van der Waals surface area contributed by atoms with Gasteiger partial charge in [-0.3, -0.25) is 9.59 Å². The summed E-state index contributed by atoms with van der Waals surface area (Å²) in [6.07, 6.45) is 2.90. The van der Waals surface area contributed by atoms with Crippen molar-refractivity contribution >= 4 is 17.5 Å². The molecule has 0 aromatic heterocycles. The zero-order valence-electron chi connectivity index (χ0n) is 18.3. The van der Waals surface area contributed by atoms with Gasteiger partial charge in [-0.2, -0.15) is 0 Å². The molecular formula is C24H32FN4O2+. The van der Waals surface area contributed by atoms with E-state index >= 15 is 0 Å². The van der Waals surface area contributed by atoms with E-state index in [1.165, 1.54) is 35.4 Å². The van der Waals surface area contributed by atoms with Crippen LogP contribution in [0.25, 0.3) is 0 Å². The average Bonchev–Trinajstić information content (AvgIpc) is 3.30. The fraction of sp³-hybridized carbons (Fsp3) is 0.417. The summed E-state index contributed by atoms with van der Waals surface area (Å²) in [5, 5.41) is 5.46. The van der Waals surface area contributed by atoms with Crippen LogP contribution in [0.3, 0.4) is 0 Å². The van der Waals surface area contributed by atoms with Crippen LogP contribution in [0.1, 0.15) is 30.0 Å². The molecule has 1 fully saturated rings. The van der Waals surface area contributed by atoms with Crippen molar-refractivity contribution in [2.24, 2.45) is 0 Å². The normalized spacial score (nSPS) is 14.8. The molecule has 166 valence electrons. The minimum atomic E-state index is -0.639. The summed E-state index contributed by atoms with van der Waals surface area (Å²) in [4.78, 5) is 28.0. The van der Waals surface area contributed by atoms with Crippen LogP contribution in [0.2, 0.25) is 0 Å². The van der Waals surface area contributed by atoms with Crippen LogP contribution in [-0.4, -0.2) is 52.1 Å². The minimum absolute atomic E-state index is 0.120. The van der Waals surface area contributed by atoms with Crippen LogP contribution in [0.15, 0.2) is 48.5 Å². The Morgan fingerprint density at radius 3 is 2.19 bits per heavy atom. The van der Waals surface area contributed by atoms with Crippen LogP contribution < -0.4 is 20.4 Å². The molecule has 1 aliphatic heterocycles. The molecule has 7 heteroatoms. The molecule has 2 aromatic carbocycles. The molecule has 0 radical (unpaired) electrons. The van der Waals surface area contributed by atoms with Crippen LogP contribution in [0.4, 0.5) is 10.1 Å². The lowest BCUT2D eigenvalue weighted by atomic mass is 10.0. The first-order valence-electron chi connectivity index (χ1n) is 10.9. The number of carbonyl (C=O) groups is 2. The molecule has 2 amide bonds. The number of anilines is 1. The van der Waals surface area contributed by atoms with Gasteiger partial charge in [0.15, 0.2) is 0 Å². The molecular weight excluding hydrogens is 395 g/mol. The van der Waals surface area contributed by atoms with Gasteiger partial charge < -0.3 is 20.4 Å². The molecule has 1 aliphatic rings. The van der Waals surface area contributed by atoms with Gasteiger partial charge in [-0.25, -0.2) is 4.39 Å². The first-order chi connectivity index (χ1) is 14.9. The summed E-state index contributed by atoms with van der Waals surface area (Å²) in [5.41, 5.74) is 3.20. The Balaban J connectivity index is 1.52. The fourth-order valence-corrected chi connectivity index (χ4v) is 4.01. The highest BCUT2D eigenvalue weighted by atomic mass is 19.1. The van der Waals surface area contributed by atoms with Crippen molar-refractivity contribution < 1.29 is 18.9 Å². The number of nitrogens with one attached hydrogen (secondary N) is 3. The van der Waals surface area contributed by atoms with Crippen molar-refractivity contribution in [2.75, 3.05) is 45.2 Å². The van der Waals surface area contributed by atoms with Crippen molar-refractivity contribution in [3.8, 4) is 0 Å². The Labute approximate surface area is 183 Å². The van der Waals surface area contributed by atoms with E-state index in [1.54, 1.807) is 12.1 Å². The van der Waals surface area contributed by atoms with Gasteiger partial charge in [0.05, 0.1) is 19.6 Å². The molecule has 0 unspecified atom stereocenters. The molecule has 0 bridgehead atoms. The Morgan fingerprint density at radius 2 is 1.58 bits per heavy atom. The van der Waals surface area contributed by atoms with Crippen molar-refractivity contribution in [1.29, 1.82) is 0 Å². The van der Waals surface area contributed by atoms with E-state index in [4.69, 9.17) is 0 Å². The van der Waals surface area contributed by atoms with Gasteiger partial charge >= 0.3 is 11.8 Å². The molecule has 0 spiro atoms. The quantitative estimate of drug-likeness (QED) is 0.553. The number of nitrogens with zero attached hydrogens (tertiary/aromatic N) is 1. The van der Waals surface area contributed by atoms with Crippen LogP contribution in [-0.2, 0) is 16.0 Å². The number of halogens is 1. The summed E-state index contributed by atoms with van der Waals surface area (Å²) in [6, 6.07) is 14.6. The number of likely N-dealkylation sites (tertiary alicyclic amines) is 1. The van der Waals surface area contributed by atoms with E-state index in [0.29, 0.717) is 19.5 Å². The molecule has 6 nitrogen and oxygen atoms in total. The Kier molecular flexibility index (Phi) is 8.00. The second-order valence-corrected chi connectivity index (χ2v) is 8.25. The number of quaternary nitrogens is 1. The van der Waals surface area contributed by atoms with E-state index in [0.717, 1.165) is 24.3 Å². The zero-order chi connectivity index (χ0) is 22.2. The fourth-order valence-electron chi connectivity index (χ4n) is 4.01. The number of amides is 2. The summed E-state index contributed by atoms with van der Waals surface area (Å²) in [6.45, 7) is 2.88. The first kappa shape index (κ1) is 22.7. The van der Waals surface area contributed by atoms with E-state index in [9.17, 15) is 14.0 Å². The minimum Gasteiger partial charge on any atom is -0.378 e. The molecule has 0 aliphatic carbocycles. The van der Waals surface area contributed by atoms with Gasteiger partial charge in [-0.15, -0.1) is 0 Å². The van der Waals surface area contributed by atoms with Crippen LogP contribution in [0, 0.1) is 5.82 Å². The van der Waals surface area contributed by atoms with Crippen LogP contribution >= 0.6 is 0 Å². The number of benzene rings is 2. The molecule has 3 rings (SSSR count). The third-order valence-electron chi connectivity index (χ3n) is 5.84. The van der Waals surface area contributed by atoms with Gasteiger partial charge in [0.1, 0.15) is 11.9 Å². The average molecular weight is 428 g/mol. The lowest BCUT2D eigenvalue weighted by Crippen LogP contribution is -3.11. The number of hydrogen-bond acceptors (Lipinski definition) is 3. The second kappa shape index (κ2) is 10.9. The summed E-state index contributed by atoms with van der Waals surface area (Å²) >= 11 is 0. The molecule has 0 saturated carbocycles.